The number of methoxy groups -OCH3 is 1. The molecule has 0 radical (unpaired) electrons. The summed E-state index contributed by atoms with van der Waals surface area (Å²) in [6.07, 6.45) is 0. The van der Waals surface area contributed by atoms with Gasteiger partial charge in [0.05, 0.1) is 24.7 Å². The van der Waals surface area contributed by atoms with Crippen molar-refractivity contribution in [3.8, 4) is 0 Å². The molecule has 70 valence electrons. The molecular weight excluding hydrogens is 176 g/mol. The van der Waals surface area contributed by atoms with Gasteiger partial charge in [0.2, 0.25) is 0 Å². The number of carbonyl (C=O) groups excluding carboxylic acids is 1. The van der Waals surface area contributed by atoms with E-state index in [0.717, 1.165) is 0 Å². The average Bonchev–Trinajstić information content (AvgIpc) is 2.02. The summed E-state index contributed by atoms with van der Waals surface area (Å²) in [5.41, 5.74) is 5.39. The summed E-state index contributed by atoms with van der Waals surface area (Å²) >= 11 is 4.77. The summed E-state index contributed by atoms with van der Waals surface area (Å²) in [6, 6.07) is -0.0842. The van der Waals surface area contributed by atoms with Crippen molar-refractivity contribution in [1.29, 1.82) is 0 Å². The molecule has 0 aromatic rings. The Morgan fingerprint density at radius 1 is 1.75 bits per heavy atom. The van der Waals surface area contributed by atoms with Crippen LogP contribution in [0.1, 0.15) is 6.92 Å². The second kappa shape index (κ2) is 5.05. The van der Waals surface area contributed by atoms with E-state index in [0.29, 0.717) is 4.99 Å². The zero-order valence-electron chi connectivity index (χ0n) is 7.53. The number of nitrogens with two attached hydrogens (primary N) is 1. The van der Waals surface area contributed by atoms with Gasteiger partial charge in [0.15, 0.2) is 0 Å². The van der Waals surface area contributed by atoms with Crippen molar-refractivity contribution in [3.63, 3.8) is 0 Å². The molecule has 0 aliphatic heterocycles. The average molecular weight is 190 g/mol. The van der Waals surface area contributed by atoms with Gasteiger partial charge in [-0.25, -0.2) is 0 Å². The minimum atomic E-state index is -0.291. The largest absolute Gasteiger partial charge is 0.468 e. The van der Waals surface area contributed by atoms with Crippen molar-refractivity contribution in [2.45, 2.75) is 13.0 Å². The van der Waals surface area contributed by atoms with Gasteiger partial charge < -0.3 is 10.5 Å². The van der Waals surface area contributed by atoms with Crippen LogP contribution in [0.15, 0.2) is 0 Å². The highest BCUT2D eigenvalue weighted by atomic mass is 32.1. The van der Waals surface area contributed by atoms with Crippen LogP contribution in [0.25, 0.3) is 0 Å². The smallest absolute Gasteiger partial charge is 0.319 e. The Labute approximate surface area is 77.7 Å². The number of carbonyl (C=O) groups is 1. The van der Waals surface area contributed by atoms with Gasteiger partial charge in [-0.2, -0.15) is 0 Å². The molecule has 12 heavy (non-hydrogen) atoms. The maximum atomic E-state index is 10.8. The predicted octanol–water partition coefficient (Wildman–Crippen LogP) is -0.234. The second-order valence-corrected chi connectivity index (χ2v) is 3.04. The molecule has 0 amide bonds. The standard InChI is InChI=1S/C7H14N2O2S/c1-5(7(8)12)9(2)4-6(10)11-3/h5H,4H2,1-3H3,(H2,8,12). The number of thiocarbonyl (C=S) groups is 1. The van der Waals surface area contributed by atoms with Crippen LogP contribution in [0.3, 0.4) is 0 Å². The molecule has 0 saturated heterocycles. The van der Waals surface area contributed by atoms with Crippen molar-refractivity contribution in [1.82, 2.24) is 4.90 Å². The quantitative estimate of drug-likeness (QED) is 0.490. The lowest BCUT2D eigenvalue weighted by Crippen LogP contribution is -2.41. The number of hydrogen-bond acceptors (Lipinski definition) is 4. The fraction of sp³-hybridized carbons (Fsp3) is 0.714. The summed E-state index contributed by atoms with van der Waals surface area (Å²) in [5.74, 6) is -0.291. The summed E-state index contributed by atoms with van der Waals surface area (Å²) < 4.78 is 4.49. The maximum absolute atomic E-state index is 10.8. The Kier molecular flexibility index (Phi) is 4.77. The van der Waals surface area contributed by atoms with Crippen LogP contribution < -0.4 is 5.73 Å². The third-order valence-corrected chi connectivity index (χ3v) is 2.02. The fourth-order valence-corrected chi connectivity index (χ4v) is 0.802. The molecule has 2 N–H and O–H groups in total. The Morgan fingerprint density at radius 2 is 2.25 bits per heavy atom. The lowest BCUT2D eigenvalue weighted by molar-refractivity contribution is -0.141. The first-order valence-electron chi connectivity index (χ1n) is 3.55. The zero-order chi connectivity index (χ0) is 9.72. The highest BCUT2D eigenvalue weighted by Crippen LogP contribution is 1.95. The second-order valence-electron chi connectivity index (χ2n) is 2.57. The third-order valence-electron chi connectivity index (χ3n) is 1.68. The zero-order valence-corrected chi connectivity index (χ0v) is 8.35. The van der Waals surface area contributed by atoms with E-state index in [1.165, 1.54) is 7.11 Å². The first-order valence-corrected chi connectivity index (χ1v) is 3.96. The van der Waals surface area contributed by atoms with E-state index < -0.39 is 0 Å². The van der Waals surface area contributed by atoms with E-state index >= 15 is 0 Å². The molecule has 0 spiro atoms. The van der Waals surface area contributed by atoms with Gasteiger partial charge in [0.25, 0.3) is 0 Å². The minimum Gasteiger partial charge on any atom is -0.468 e. The third kappa shape index (κ3) is 3.64. The van der Waals surface area contributed by atoms with E-state index in [-0.39, 0.29) is 18.6 Å². The molecule has 0 heterocycles. The maximum Gasteiger partial charge on any atom is 0.319 e. The molecule has 0 aliphatic carbocycles. The Morgan fingerprint density at radius 3 is 2.58 bits per heavy atom. The van der Waals surface area contributed by atoms with Gasteiger partial charge >= 0.3 is 5.97 Å². The summed E-state index contributed by atoms with van der Waals surface area (Å²) in [6.45, 7) is 2.04. The summed E-state index contributed by atoms with van der Waals surface area (Å²) in [5, 5.41) is 0. The Bertz CT molecular complexity index is 184. The van der Waals surface area contributed by atoms with Crippen LogP contribution in [0.5, 0.6) is 0 Å². The molecule has 0 bridgehead atoms. The molecule has 0 aliphatic rings. The Hall–Kier alpha value is -0.680. The number of ether oxygens (including phenoxy) is 1. The molecule has 5 heteroatoms. The van der Waals surface area contributed by atoms with Crippen molar-refractivity contribution < 1.29 is 9.53 Å². The molecule has 0 rings (SSSR count). The monoisotopic (exact) mass is 190 g/mol. The SMILES string of the molecule is COC(=O)CN(C)C(C)C(N)=S. The molecule has 0 fully saturated rings. The highest BCUT2D eigenvalue weighted by Gasteiger charge is 2.14. The molecule has 1 unspecified atom stereocenters. The van der Waals surface area contributed by atoms with Crippen LogP contribution in [0.2, 0.25) is 0 Å². The van der Waals surface area contributed by atoms with Crippen LogP contribution >= 0.6 is 12.2 Å². The Balaban J connectivity index is 3.94. The van der Waals surface area contributed by atoms with Crippen molar-refractivity contribution in [2.24, 2.45) is 5.73 Å². The van der Waals surface area contributed by atoms with Crippen LogP contribution in [0, 0.1) is 0 Å². The summed E-state index contributed by atoms with van der Waals surface area (Å²) in [7, 11) is 3.11. The number of nitrogens with zero attached hydrogens (tertiary/aromatic N) is 1. The van der Waals surface area contributed by atoms with Crippen LogP contribution in [-0.4, -0.2) is 42.6 Å². The van der Waals surface area contributed by atoms with Crippen molar-refractivity contribution in [2.75, 3.05) is 20.7 Å². The topological polar surface area (TPSA) is 55.6 Å². The van der Waals surface area contributed by atoms with Gasteiger partial charge in [-0.05, 0) is 14.0 Å². The summed E-state index contributed by atoms with van der Waals surface area (Å²) in [4.78, 5) is 12.9. The van der Waals surface area contributed by atoms with E-state index in [1.807, 2.05) is 6.92 Å². The van der Waals surface area contributed by atoms with E-state index in [1.54, 1.807) is 11.9 Å². The normalized spacial score (nSPS) is 12.7. The van der Waals surface area contributed by atoms with Gasteiger partial charge in [-0.3, -0.25) is 9.69 Å². The highest BCUT2D eigenvalue weighted by molar-refractivity contribution is 7.80. The number of rotatable bonds is 4. The van der Waals surface area contributed by atoms with Crippen LogP contribution in [0.4, 0.5) is 0 Å². The lowest BCUT2D eigenvalue weighted by Gasteiger charge is -2.21. The molecule has 4 nitrogen and oxygen atoms in total. The number of likely N-dealkylation sites (N-methyl/N-ethyl adjacent to an activating group) is 1. The molecular formula is C7H14N2O2S. The van der Waals surface area contributed by atoms with E-state index in [2.05, 4.69) is 4.74 Å². The molecule has 1 atom stereocenters. The van der Waals surface area contributed by atoms with Crippen molar-refractivity contribution in [3.05, 3.63) is 0 Å². The van der Waals surface area contributed by atoms with Gasteiger partial charge in [0, 0.05) is 0 Å². The van der Waals surface area contributed by atoms with Crippen molar-refractivity contribution >= 4 is 23.2 Å². The number of hydrogen-bond donors (Lipinski definition) is 1. The van der Waals surface area contributed by atoms with E-state index in [4.69, 9.17) is 18.0 Å². The molecule has 0 aromatic carbocycles. The number of esters is 1. The molecule has 0 aromatic heterocycles. The van der Waals surface area contributed by atoms with Gasteiger partial charge in [0.1, 0.15) is 0 Å². The minimum absolute atomic E-state index is 0.0842. The molecule has 0 saturated carbocycles. The first kappa shape index (κ1) is 11.3. The first-order chi connectivity index (χ1) is 5.49. The lowest BCUT2D eigenvalue weighted by atomic mass is 10.3. The van der Waals surface area contributed by atoms with Gasteiger partial charge in [-0.15, -0.1) is 0 Å². The van der Waals surface area contributed by atoms with Gasteiger partial charge in [-0.1, -0.05) is 12.2 Å². The predicted molar refractivity (Wildman–Crippen MR) is 50.9 cm³/mol. The van der Waals surface area contributed by atoms with E-state index in [9.17, 15) is 4.79 Å². The fourth-order valence-electron chi connectivity index (χ4n) is 0.622. The van der Waals surface area contributed by atoms with Crippen LogP contribution in [-0.2, 0) is 9.53 Å².